The van der Waals surface area contributed by atoms with Crippen LogP contribution in [0, 0.1) is 6.92 Å². The molecule has 0 heterocycles. The summed E-state index contributed by atoms with van der Waals surface area (Å²) < 4.78 is 0. The zero-order chi connectivity index (χ0) is 12.8. The van der Waals surface area contributed by atoms with Crippen LogP contribution >= 0.6 is 11.6 Å². The lowest BCUT2D eigenvalue weighted by atomic mass is 10.1. The van der Waals surface area contributed by atoms with E-state index in [9.17, 15) is 14.7 Å². The van der Waals surface area contributed by atoms with Gasteiger partial charge in [0.2, 0.25) is 6.41 Å². The fourth-order valence-corrected chi connectivity index (χ4v) is 1.51. The van der Waals surface area contributed by atoms with Crippen molar-refractivity contribution in [1.29, 1.82) is 0 Å². The molecule has 0 bridgehead atoms. The SMILES string of the molecule is Cc1ccccc1C(=O)N(C=O)CC(O)CCl. The number of nitrogens with zero attached hydrogens (tertiary/aromatic N) is 1. The van der Waals surface area contributed by atoms with Gasteiger partial charge in [-0.05, 0) is 18.6 Å². The van der Waals surface area contributed by atoms with Gasteiger partial charge in [-0.2, -0.15) is 0 Å². The van der Waals surface area contributed by atoms with E-state index in [1.165, 1.54) is 0 Å². The standard InChI is InChI=1S/C12H14ClNO3/c1-9-4-2-3-5-11(9)12(17)14(8-15)7-10(16)6-13/h2-5,8,10,16H,6-7H2,1H3. The van der Waals surface area contributed by atoms with Crippen molar-refractivity contribution < 1.29 is 14.7 Å². The molecule has 0 radical (unpaired) electrons. The van der Waals surface area contributed by atoms with Crippen molar-refractivity contribution in [2.75, 3.05) is 12.4 Å². The molecule has 5 heteroatoms. The fourth-order valence-electron chi connectivity index (χ4n) is 1.42. The summed E-state index contributed by atoms with van der Waals surface area (Å²) in [5.74, 6) is -0.451. The van der Waals surface area contributed by atoms with Crippen LogP contribution < -0.4 is 0 Å². The van der Waals surface area contributed by atoms with Gasteiger partial charge in [0.25, 0.3) is 5.91 Å². The Morgan fingerprint density at radius 3 is 2.71 bits per heavy atom. The van der Waals surface area contributed by atoms with Gasteiger partial charge in [0.1, 0.15) is 0 Å². The number of aliphatic hydroxyl groups is 1. The number of aryl methyl sites for hydroxylation is 1. The number of hydrogen-bond acceptors (Lipinski definition) is 3. The minimum atomic E-state index is -0.908. The Balaban J connectivity index is 2.87. The van der Waals surface area contributed by atoms with Crippen molar-refractivity contribution >= 4 is 23.9 Å². The minimum absolute atomic E-state index is 0.0224. The number of imide groups is 1. The third-order valence-electron chi connectivity index (χ3n) is 2.35. The molecule has 2 amide bonds. The molecule has 1 aromatic carbocycles. The molecule has 0 spiro atoms. The Morgan fingerprint density at radius 1 is 1.53 bits per heavy atom. The van der Waals surface area contributed by atoms with E-state index in [1.807, 2.05) is 6.07 Å². The number of benzene rings is 1. The molecule has 92 valence electrons. The Morgan fingerprint density at radius 2 is 2.18 bits per heavy atom. The second kappa shape index (κ2) is 6.37. The molecule has 0 aliphatic rings. The summed E-state index contributed by atoms with van der Waals surface area (Å²) in [5, 5.41) is 9.34. The molecule has 0 fully saturated rings. The van der Waals surface area contributed by atoms with Crippen molar-refractivity contribution in [1.82, 2.24) is 4.90 Å². The molecule has 1 aromatic rings. The minimum Gasteiger partial charge on any atom is -0.390 e. The summed E-state index contributed by atoms with van der Waals surface area (Å²) in [5.41, 5.74) is 1.23. The number of amides is 2. The van der Waals surface area contributed by atoms with E-state index < -0.39 is 12.0 Å². The van der Waals surface area contributed by atoms with E-state index in [4.69, 9.17) is 11.6 Å². The average molecular weight is 256 g/mol. The average Bonchev–Trinajstić information content (AvgIpc) is 2.35. The van der Waals surface area contributed by atoms with E-state index in [1.54, 1.807) is 25.1 Å². The molecule has 0 aliphatic carbocycles. The highest BCUT2D eigenvalue weighted by Gasteiger charge is 2.19. The molecule has 4 nitrogen and oxygen atoms in total. The van der Waals surface area contributed by atoms with Crippen molar-refractivity contribution in [3.05, 3.63) is 35.4 Å². The normalized spacial score (nSPS) is 11.9. The van der Waals surface area contributed by atoms with Crippen LogP contribution in [0.15, 0.2) is 24.3 Å². The van der Waals surface area contributed by atoms with Crippen LogP contribution in [-0.4, -0.2) is 40.9 Å². The zero-order valence-electron chi connectivity index (χ0n) is 9.47. The Labute approximate surface area is 105 Å². The number of alkyl halides is 1. The van der Waals surface area contributed by atoms with Crippen LogP contribution in [0.4, 0.5) is 0 Å². The molecule has 1 rings (SSSR count). The second-order valence-corrected chi connectivity index (χ2v) is 3.99. The first-order chi connectivity index (χ1) is 8.10. The second-order valence-electron chi connectivity index (χ2n) is 3.69. The molecular formula is C12H14ClNO3. The van der Waals surface area contributed by atoms with E-state index in [0.29, 0.717) is 12.0 Å². The molecule has 0 aliphatic heterocycles. The predicted molar refractivity (Wildman–Crippen MR) is 65.0 cm³/mol. The molecule has 1 unspecified atom stereocenters. The largest absolute Gasteiger partial charge is 0.390 e. The van der Waals surface area contributed by atoms with Gasteiger partial charge in [-0.3, -0.25) is 14.5 Å². The lowest BCUT2D eigenvalue weighted by Crippen LogP contribution is -2.37. The maximum absolute atomic E-state index is 12.0. The topological polar surface area (TPSA) is 57.6 Å². The third-order valence-corrected chi connectivity index (χ3v) is 2.71. The Bertz CT molecular complexity index is 408. The zero-order valence-corrected chi connectivity index (χ0v) is 10.2. The molecule has 0 saturated carbocycles. The van der Waals surface area contributed by atoms with E-state index in [-0.39, 0.29) is 12.4 Å². The Hall–Kier alpha value is -1.39. The summed E-state index contributed by atoms with van der Waals surface area (Å²) in [7, 11) is 0. The highest BCUT2D eigenvalue weighted by atomic mass is 35.5. The molecule has 0 aromatic heterocycles. The molecule has 1 atom stereocenters. The van der Waals surface area contributed by atoms with Crippen molar-refractivity contribution in [2.24, 2.45) is 0 Å². The summed E-state index contributed by atoms with van der Waals surface area (Å²) in [6.07, 6.45) is -0.500. The Kier molecular flexibility index (Phi) is 5.12. The van der Waals surface area contributed by atoms with Crippen molar-refractivity contribution in [3.63, 3.8) is 0 Å². The number of halogens is 1. The van der Waals surface area contributed by atoms with Gasteiger partial charge in [0, 0.05) is 5.56 Å². The van der Waals surface area contributed by atoms with Crippen LogP contribution in [0.1, 0.15) is 15.9 Å². The van der Waals surface area contributed by atoms with Gasteiger partial charge in [0.15, 0.2) is 0 Å². The van der Waals surface area contributed by atoms with Gasteiger partial charge >= 0.3 is 0 Å². The quantitative estimate of drug-likeness (QED) is 0.635. The first-order valence-electron chi connectivity index (χ1n) is 5.16. The van der Waals surface area contributed by atoms with Gasteiger partial charge in [-0.1, -0.05) is 18.2 Å². The lowest BCUT2D eigenvalue weighted by molar-refractivity contribution is -0.116. The highest BCUT2D eigenvalue weighted by Crippen LogP contribution is 2.10. The fraction of sp³-hybridized carbons (Fsp3) is 0.333. The summed E-state index contributed by atoms with van der Waals surface area (Å²) in [6.45, 7) is 1.69. The van der Waals surface area contributed by atoms with Crippen LogP contribution in [-0.2, 0) is 4.79 Å². The van der Waals surface area contributed by atoms with Crippen molar-refractivity contribution in [2.45, 2.75) is 13.0 Å². The van der Waals surface area contributed by atoms with Crippen LogP contribution in [0.5, 0.6) is 0 Å². The summed E-state index contributed by atoms with van der Waals surface area (Å²) in [6, 6.07) is 6.96. The smallest absolute Gasteiger partial charge is 0.260 e. The van der Waals surface area contributed by atoms with Gasteiger partial charge in [0.05, 0.1) is 18.5 Å². The third kappa shape index (κ3) is 3.54. The summed E-state index contributed by atoms with van der Waals surface area (Å²) >= 11 is 5.43. The van der Waals surface area contributed by atoms with Gasteiger partial charge in [-0.15, -0.1) is 11.6 Å². The number of rotatable bonds is 5. The maximum atomic E-state index is 12.0. The molecule has 0 saturated heterocycles. The van der Waals surface area contributed by atoms with Crippen molar-refractivity contribution in [3.8, 4) is 0 Å². The number of aliphatic hydroxyl groups excluding tert-OH is 1. The molecule has 17 heavy (non-hydrogen) atoms. The van der Waals surface area contributed by atoms with Gasteiger partial charge < -0.3 is 5.11 Å². The molecular weight excluding hydrogens is 242 g/mol. The summed E-state index contributed by atoms with van der Waals surface area (Å²) in [4.78, 5) is 23.7. The maximum Gasteiger partial charge on any atom is 0.260 e. The van der Waals surface area contributed by atoms with E-state index >= 15 is 0 Å². The number of hydrogen-bond donors (Lipinski definition) is 1. The number of carbonyl (C=O) groups excluding carboxylic acids is 2. The number of carbonyl (C=O) groups is 2. The first-order valence-corrected chi connectivity index (χ1v) is 5.69. The van der Waals surface area contributed by atoms with E-state index in [2.05, 4.69) is 0 Å². The first kappa shape index (κ1) is 13.7. The molecule has 1 N–H and O–H groups in total. The van der Waals surface area contributed by atoms with Crippen LogP contribution in [0.2, 0.25) is 0 Å². The lowest BCUT2D eigenvalue weighted by Gasteiger charge is -2.18. The van der Waals surface area contributed by atoms with Crippen LogP contribution in [0.25, 0.3) is 0 Å². The monoisotopic (exact) mass is 255 g/mol. The predicted octanol–water partition coefficient (Wildman–Crippen LogP) is 1.19. The van der Waals surface area contributed by atoms with Gasteiger partial charge in [-0.25, -0.2) is 0 Å². The van der Waals surface area contributed by atoms with E-state index in [0.717, 1.165) is 10.5 Å². The highest BCUT2D eigenvalue weighted by molar-refractivity contribution is 6.18. The van der Waals surface area contributed by atoms with Crippen LogP contribution in [0.3, 0.4) is 0 Å².